The number of carbonyl (C=O) groups is 1. The number of benzene rings is 2. The average Bonchev–Trinajstić information content (AvgIpc) is 3.22. The monoisotopic (exact) mass is 412 g/mol. The number of aryl methyl sites for hydroxylation is 1. The van der Waals surface area contributed by atoms with Gasteiger partial charge in [-0.25, -0.2) is 4.99 Å². The van der Waals surface area contributed by atoms with Crippen LogP contribution >= 0.6 is 11.6 Å². The molecule has 2 heterocycles. The zero-order chi connectivity index (χ0) is 20.4. The Morgan fingerprint density at radius 3 is 2.93 bits per heavy atom. The van der Waals surface area contributed by atoms with Gasteiger partial charge in [0, 0.05) is 29.6 Å². The minimum absolute atomic E-state index is 0.0313. The highest BCUT2D eigenvalue weighted by atomic mass is 35.5. The molecule has 1 fully saturated rings. The number of hydrogen-bond acceptors (Lipinski definition) is 5. The molecule has 7 heteroatoms. The molecule has 1 amide bonds. The van der Waals surface area contributed by atoms with Gasteiger partial charge in [-0.1, -0.05) is 17.7 Å². The molecule has 6 nitrogen and oxygen atoms in total. The Hall–Kier alpha value is -2.83. The standard InChI is InChI=1S/C22H21ClN2O4/c1-13-4-6-15(23)10-19(13)25-22-18(21(27)24-12-17-3-2-8-28-17)9-14-5-7-16(26)11-20(14)29-22/h4-7,9-11,17,26H,2-3,8,12H2,1H3,(H,24,27)/t17-/m0/s1. The largest absolute Gasteiger partial charge is 0.508 e. The third kappa shape index (κ3) is 4.44. The van der Waals surface area contributed by atoms with Gasteiger partial charge < -0.3 is 19.6 Å². The fourth-order valence-corrected chi connectivity index (χ4v) is 3.44. The van der Waals surface area contributed by atoms with Crippen LogP contribution in [-0.4, -0.2) is 30.3 Å². The summed E-state index contributed by atoms with van der Waals surface area (Å²) in [5.74, 6) is -0.223. The van der Waals surface area contributed by atoms with Crippen LogP contribution in [0.25, 0.3) is 11.0 Å². The van der Waals surface area contributed by atoms with E-state index in [1.165, 1.54) is 6.07 Å². The van der Waals surface area contributed by atoms with E-state index in [9.17, 15) is 9.90 Å². The lowest BCUT2D eigenvalue weighted by molar-refractivity contribution is 0.0854. The number of phenolic OH excluding ortho intramolecular Hbond substituents is 1. The first-order valence-electron chi connectivity index (χ1n) is 9.47. The molecule has 4 rings (SSSR count). The van der Waals surface area contributed by atoms with E-state index in [2.05, 4.69) is 10.3 Å². The van der Waals surface area contributed by atoms with E-state index in [1.54, 1.807) is 30.3 Å². The molecule has 0 bridgehead atoms. The number of nitrogens with one attached hydrogen (secondary N) is 1. The second-order valence-corrected chi connectivity index (χ2v) is 7.51. The van der Waals surface area contributed by atoms with Gasteiger partial charge in [-0.3, -0.25) is 4.79 Å². The van der Waals surface area contributed by atoms with Crippen LogP contribution in [0.15, 0.2) is 51.9 Å². The fourth-order valence-electron chi connectivity index (χ4n) is 3.27. The van der Waals surface area contributed by atoms with E-state index < -0.39 is 0 Å². The second kappa shape index (κ2) is 8.27. The maximum absolute atomic E-state index is 12.9. The Kier molecular flexibility index (Phi) is 5.56. The predicted molar refractivity (Wildman–Crippen MR) is 111 cm³/mol. The fraction of sp³-hybridized carbons (Fsp3) is 0.273. The lowest BCUT2D eigenvalue weighted by atomic mass is 10.1. The van der Waals surface area contributed by atoms with Gasteiger partial charge in [0.2, 0.25) is 5.55 Å². The van der Waals surface area contributed by atoms with Crippen LogP contribution in [0.2, 0.25) is 5.02 Å². The van der Waals surface area contributed by atoms with Gasteiger partial charge in [-0.15, -0.1) is 0 Å². The van der Waals surface area contributed by atoms with Crippen molar-refractivity contribution in [3.63, 3.8) is 0 Å². The number of nitrogens with zero attached hydrogens (tertiary/aromatic N) is 1. The Morgan fingerprint density at radius 1 is 1.28 bits per heavy atom. The summed E-state index contributed by atoms with van der Waals surface area (Å²) in [6.07, 6.45) is 1.97. The third-order valence-corrected chi connectivity index (χ3v) is 5.12. The van der Waals surface area contributed by atoms with E-state index in [1.807, 2.05) is 13.0 Å². The first kappa shape index (κ1) is 19.5. The number of aromatic hydroxyl groups is 1. The average molecular weight is 413 g/mol. The molecule has 150 valence electrons. The molecule has 0 aliphatic carbocycles. The summed E-state index contributed by atoms with van der Waals surface area (Å²) in [6, 6.07) is 11.8. The van der Waals surface area contributed by atoms with Crippen molar-refractivity contribution in [1.29, 1.82) is 0 Å². The zero-order valence-electron chi connectivity index (χ0n) is 15.9. The van der Waals surface area contributed by atoms with Crippen LogP contribution in [0.4, 0.5) is 5.69 Å². The number of phenols is 1. The first-order chi connectivity index (χ1) is 14.0. The van der Waals surface area contributed by atoms with Gasteiger partial charge in [0.05, 0.1) is 11.8 Å². The molecule has 1 saturated heterocycles. The summed E-state index contributed by atoms with van der Waals surface area (Å²) < 4.78 is 11.5. The zero-order valence-corrected chi connectivity index (χ0v) is 16.7. The third-order valence-electron chi connectivity index (χ3n) is 4.89. The molecule has 29 heavy (non-hydrogen) atoms. The summed E-state index contributed by atoms with van der Waals surface area (Å²) in [7, 11) is 0. The Balaban J connectivity index is 1.79. The molecule has 2 N–H and O–H groups in total. The SMILES string of the molecule is Cc1ccc(Cl)cc1N=c1oc2cc(O)ccc2cc1C(=O)NC[C@@H]1CCCO1. The van der Waals surface area contributed by atoms with E-state index >= 15 is 0 Å². The topological polar surface area (TPSA) is 84.1 Å². The van der Waals surface area contributed by atoms with Gasteiger partial charge in [0.25, 0.3) is 5.91 Å². The van der Waals surface area contributed by atoms with Gasteiger partial charge >= 0.3 is 0 Å². The van der Waals surface area contributed by atoms with Gasteiger partial charge in [0.15, 0.2) is 0 Å². The van der Waals surface area contributed by atoms with E-state index in [-0.39, 0.29) is 23.3 Å². The van der Waals surface area contributed by atoms with E-state index in [0.717, 1.165) is 25.0 Å². The van der Waals surface area contributed by atoms with Crippen LogP contribution in [0.5, 0.6) is 5.75 Å². The quantitative estimate of drug-likeness (QED) is 0.671. The van der Waals surface area contributed by atoms with Crippen molar-refractivity contribution in [3.8, 4) is 5.75 Å². The summed E-state index contributed by atoms with van der Waals surface area (Å²) in [5.41, 5.74) is 2.39. The highest BCUT2D eigenvalue weighted by Crippen LogP contribution is 2.24. The predicted octanol–water partition coefficient (Wildman–Crippen LogP) is 4.24. The van der Waals surface area contributed by atoms with Crippen molar-refractivity contribution < 1.29 is 19.1 Å². The molecular weight excluding hydrogens is 392 g/mol. The van der Waals surface area contributed by atoms with Crippen molar-refractivity contribution in [2.75, 3.05) is 13.2 Å². The molecule has 1 atom stereocenters. The maximum Gasteiger partial charge on any atom is 0.256 e. The van der Waals surface area contributed by atoms with Crippen molar-refractivity contribution in [1.82, 2.24) is 5.32 Å². The normalized spacial score (nSPS) is 17.0. The van der Waals surface area contributed by atoms with Crippen molar-refractivity contribution in [3.05, 3.63) is 64.2 Å². The molecule has 3 aromatic rings. The lowest BCUT2D eigenvalue weighted by Gasteiger charge is -2.11. The molecule has 0 unspecified atom stereocenters. The Morgan fingerprint density at radius 2 is 2.14 bits per heavy atom. The molecule has 1 aliphatic rings. The molecule has 0 radical (unpaired) electrons. The van der Waals surface area contributed by atoms with Gasteiger partial charge in [0.1, 0.15) is 16.9 Å². The summed E-state index contributed by atoms with van der Waals surface area (Å²) in [6.45, 7) is 3.06. The van der Waals surface area contributed by atoms with Crippen LogP contribution in [0.3, 0.4) is 0 Å². The summed E-state index contributed by atoms with van der Waals surface area (Å²) in [5, 5.41) is 13.9. The maximum atomic E-state index is 12.9. The molecular formula is C22H21ClN2O4. The number of halogens is 1. The van der Waals surface area contributed by atoms with Crippen LogP contribution in [-0.2, 0) is 4.74 Å². The first-order valence-corrected chi connectivity index (χ1v) is 9.85. The molecule has 2 aromatic carbocycles. The van der Waals surface area contributed by atoms with Gasteiger partial charge in [-0.2, -0.15) is 0 Å². The van der Waals surface area contributed by atoms with Crippen molar-refractivity contribution >= 4 is 34.2 Å². The second-order valence-electron chi connectivity index (χ2n) is 7.08. The number of rotatable bonds is 4. The Labute approximate surface area is 172 Å². The molecule has 0 saturated carbocycles. The summed E-state index contributed by atoms with van der Waals surface area (Å²) in [4.78, 5) is 17.5. The highest BCUT2D eigenvalue weighted by molar-refractivity contribution is 6.30. The summed E-state index contributed by atoms with van der Waals surface area (Å²) >= 11 is 6.11. The van der Waals surface area contributed by atoms with Crippen LogP contribution in [0, 0.1) is 6.92 Å². The van der Waals surface area contributed by atoms with Crippen LogP contribution < -0.4 is 10.9 Å². The minimum atomic E-state index is -0.294. The molecule has 0 spiro atoms. The smallest absolute Gasteiger partial charge is 0.256 e. The van der Waals surface area contributed by atoms with Crippen LogP contribution in [0.1, 0.15) is 28.8 Å². The Bertz CT molecular complexity index is 1130. The number of hydrogen-bond donors (Lipinski definition) is 2. The highest BCUT2D eigenvalue weighted by Gasteiger charge is 2.19. The van der Waals surface area contributed by atoms with Crippen molar-refractivity contribution in [2.24, 2.45) is 4.99 Å². The number of ether oxygens (including phenoxy) is 1. The van der Waals surface area contributed by atoms with E-state index in [4.69, 9.17) is 20.8 Å². The van der Waals surface area contributed by atoms with Gasteiger partial charge in [-0.05, 0) is 55.7 Å². The number of fused-ring (bicyclic) bond motifs is 1. The lowest BCUT2D eigenvalue weighted by Crippen LogP contribution is -2.34. The molecule has 1 aromatic heterocycles. The number of amides is 1. The number of carbonyl (C=O) groups excluding carboxylic acids is 1. The minimum Gasteiger partial charge on any atom is -0.508 e. The van der Waals surface area contributed by atoms with Crippen molar-refractivity contribution in [2.45, 2.75) is 25.9 Å². The molecule has 1 aliphatic heterocycles. The van der Waals surface area contributed by atoms with E-state index in [0.29, 0.717) is 33.8 Å².